The summed E-state index contributed by atoms with van der Waals surface area (Å²) in [6.45, 7) is 9.47. The van der Waals surface area contributed by atoms with E-state index in [0.29, 0.717) is 49.2 Å². The van der Waals surface area contributed by atoms with Crippen molar-refractivity contribution in [3.63, 3.8) is 0 Å². The van der Waals surface area contributed by atoms with Crippen molar-refractivity contribution in [1.29, 1.82) is 5.26 Å². The number of pyridine rings is 1. The number of anilines is 2. The van der Waals surface area contributed by atoms with Crippen LogP contribution in [0, 0.1) is 24.8 Å². The number of hydrogen-bond donors (Lipinski definition) is 1. The second-order valence-corrected chi connectivity index (χ2v) is 10.1. The fourth-order valence-corrected chi connectivity index (χ4v) is 4.67. The quantitative estimate of drug-likeness (QED) is 0.263. The Hall–Kier alpha value is -3.62. The van der Waals surface area contributed by atoms with Gasteiger partial charge in [0.2, 0.25) is 5.70 Å². The van der Waals surface area contributed by atoms with E-state index >= 15 is 0 Å². The predicted octanol–water partition coefficient (Wildman–Crippen LogP) is 6.48. The average molecular weight is 534 g/mol. The molecule has 1 fully saturated rings. The zero-order valence-electron chi connectivity index (χ0n) is 20.9. The normalized spacial score (nSPS) is 14.2. The number of methoxy groups -OCH3 is 1. The summed E-state index contributed by atoms with van der Waals surface area (Å²) in [5.74, 6) is 0.179. The summed E-state index contributed by atoms with van der Waals surface area (Å²) in [6, 6.07) is 9.11. The van der Waals surface area contributed by atoms with Gasteiger partial charge in [-0.15, -0.1) is 0 Å². The molecule has 37 heavy (non-hydrogen) atoms. The lowest BCUT2D eigenvalue weighted by Gasteiger charge is -2.20. The van der Waals surface area contributed by atoms with Gasteiger partial charge in [0, 0.05) is 40.2 Å². The summed E-state index contributed by atoms with van der Waals surface area (Å²) < 4.78 is 5.56. The van der Waals surface area contributed by atoms with Crippen LogP contribution in [-0.4, -0.2) is 42.4 Å². The lowest BCUT2D eigenvalue weighted by molar-refractivity contribution is -0.114. The van der Waals surface area contributed by atoms with Gasteiger partial charge < -0.3 is 19.7 Å². The van der Waals surface area contributed by atoms with Crippen LogP contribution in [0.3, 0.4) is 0 Å². The topological polar surface area (TPSA) is 82.6 Å². The van der Waals surface area contributed by atoms with Crippen LogP contribution in [0.1, 0.15) is 29.5 Å². The number of aryl methyl sites for hydroxylation is 1. The van der Waals surface area contributed by atoms with Crippen LogP contribution in [0.5, 0.6) is 5.75 Å². The number of likely N-dealkylation sites (N-methyl/N-ethyl adjacent to an activating group) is 1. The van der Waals surface area contributed by atoms with Crippen LogP contribution in [-0.2, 0) is 11.2 Å². The van der Waals surface area contributed by atoms with Crippen molar-refractivity contribution in [2.45, 2.75) is 31.7 Å². The Morgan fingerprint density at radius 2 is 2.03 bits per heavy atom. The van der Waals surface area contributed by atoms with E-state index in [4.69, 9.17) is 34.5 Å². The van der Waals surface area contributed by atoms with Crippen molar-refractivity contribution in [2.24, 2.45) is 0 Å². The van der Waals surface area contributed by atoms with Gasteiger partial charge >= 0.3 is 0 Å². The maximum atomic E-state index is 13.2. The average Bonchev–Trinajstić information content (AvgIpc) is 3.66. The first-order chi connectivity index (χ1) is 17.6. The van der Waals surface area contributed by atoms with Crippen molar-refractivity contribution in [1.82, 2.24) is 9.88 Å². The number of rotatable bonds is 8. The Labute approximate surface area is 226 Å². The number of ether oxygens (including phenoxy) is 1. The number of ketones is 1. The Balaban J connectivity index is 1.79. The highest BCUT2D eigenvalue weighted by Crippen LogP contribution is 2.43. The fourth-order valence-electron chi connectivity index (χ4n) is 4.24. The number of hydrogen-bond acceptors (Lipinski definition) is 6. The van der Waals surface area contributed by atoms with E-state index in [1.165, 1.54) is 13.3 Å². The smallest absolute Gasteiger partial charge is 0.227 e. The maximum Gasteiger partial charge on any atom is 0.227 e. The van der Waals surface area contributed by atoms with Crippen molar-refractivity contribution in [3.8, 4) is 11.8 Å². The van der Waals surface area contributed by atoms with E-state index in [0.717, 1.165) is 18.4 Å². The molecule has 1 saturated carbocycles. The van der Waals surface area contributed by atoms with E-state index in [-0.39, 0.29) is 23.4 Å². The molecule has 7 nitrogen and oxygen atoms in total. The van der Waals surface area contributed by atoms with Gasteiger partial charge in [0.1, 0.15) is 11.8 Å². The molecule has 188 valence electrons. The number of halogens is 2. The highest BCUT2D eigenvalue weighted by molar-refractivity contribution is 6.37. The third-order valence-corrected chi connectivity index (χ3v) is 7.43. The number of allylic oxidation sites excluding steroid dienone is 1. The third-order valence-electron chi connectivity index (χ3n) is 6.71. The number of aromatic nitrogens is 1. The van der Waals surface area contributed by atoms with Gasteiger partial charge in [0.25, 0.3) is 0 Å². The summed E-state index contributed by atoms with van der Waals surface area (Å²) in [6.07, 6.45) is 5.05. The molecule has 1 aliphatic rings. The molecule has 0 unspecified atom stereocenters. The van der Waals surface area contributed by atoms with Crippen LogP contribution >= 0.6 is 23.2 Å². The molecule has 0 bridgehead atoms. The molecule has 9 heteroatoms. The van der Waals surface area contributed by atoms with Crippen LogP contribution in [0.2, 0.25) is 10.0 Å². The molecule has 0 aliphatic heterocycles. The van der Waals surface area contributed by atoms with Gasteiger partial charge in [-0.1, -0.05) is 29.3 Å². The maximum absolute atomic E-state index is 13.2. The number of carbonyl (C=O) groups excluding carboxylic acids is 1. The Morgan fingerprint density at radius 1 is 1.30 bits per heavy atom. The van der Waals surface area contributed by atoms with Crippen molar-refractivity contribution in [2.75, 3.05) is 26.5 Å². The zero-order valence-corrected chi connectivity index (χ0v) is 22.5. The van der Waals surface area contributed by atoms with Gasteiger partial charge in [0.15, 0.2) is 5.78 Å². The predicted molar refractivity (Wildman–Crippen MR) is 147 cm³/mol. The van der Waals surface area contributed by atoms with Crippen LogP contribution in [0.15, 0.2) is 42.2 Å². The summed E-state index contributed by atoms with van der Waals surface area (Å²) >= 11 is 12.6. The molecule has 1 aromatic heterocycles. The van der Waals surface area contributed by atoms with Crippen molar-refractivity contribution >= 4 is 51.3 Å². The van der Waals surface area contributed by atoms with E-state index in [9.17, 15) is 10.1 Å². The van der Waals surface area contributed by atoms with Crippen molar-refractivity contribution < 1.29 is 9.53 Å². The van der Waals surface area contributed by atoms with Crippen LogP contribution in [0.25, 0.3) is 15.7 Å². The number of nitrogens with zero attached hydrogens (tertiary/aromatic N) is 4. The summed E-state index contributed by atoms with van der Waals surface area (Å²) in [7, 11) is 5.42. The first-order valence-corrected chi connectivity index (χ1v) is 12.3. The largest absolute Gasteiger partial charge is 0.496 e. The number of carbonyl (C=O) groups is 1. The lowest BCUT2D eigenvalue weighted by Crippen LogP contribution is -2.28. The molecule has 0 atom stereocenters. The molecule has 1 aliphatic carbocycles. The zero-order chi connectivity index (χ0) is 26.9. The summed E-state index contributed by atoms with van der Waals surface area (Å²) in [5.41, 5.74) is 3.24. The minimum absolute atomic E-state index is 0.0339. The molecule has 0 saturated heterocycles. The van der Waals surface area contributed by atoms with Crippen molar-refractivity contribution in [3.05, 3.63) is 80.4 Å². The second-order valence-electron chi connectivity index (χ2n) is 9.29. The molecule has 4 rings (SSSR count). The molecule has 2 aromatic carbocycles. The minimum Gasteiger partial charge on any atom is -0.496 e. The van der Waals surface area contributed by atoms with E-state index in [1.54, 1.807) is 30.3 Å². The third kappa shape index (κ3) is 5.26. The van der Waals surface area contributed by atoms with E-state index in [1.807, 2.05) is 25.9 Å². The number of nitriles is 1. The number of nitrogens with one attached hydrogen (secondary N) is 1. The van der Waals surface area contributed by atoms with Gasteiger partial charge in [-0.25, -0.2) is 4.85 Å². The van der Waals surface area contributed by atoms with Crippen LogP contribution < -0.4 is 10.1 Å². The standard InChI is InChI=1S/C28H25Cl2N5O2/c1-16-8-23(21(30)11-20(16)29)34-27-18(14-31)15-33-22-12-26(37-5)17(9-19(22)27)10-25(36)24(32-2)13-28(6-7-28)35(3)4/h8-9,11-13,15H,6-7,10H2,1,3-5H3,(H,33,34)/b24-13-. The molecule has 0 radical (unpaired) electrons. The molecule has 3 aromatic rings. The monoisotopic (exact) mass is 533 g/mol. The van der Waals surface area contributed by atoms with Gasteiger partial charge in [-0.2, -0.15) is 5.26 Å². The Kier molecular flexibility index (Phi) is 7.43. The number of Topliss-reactive ketones (excluding diaryl/α,β-unsaturated/α-hetero) is 1. The molecule has 1 heterocycles. The van der Waals surface area contributed by atoms with Gasteiger partial charge in [0.05, 0.1) is 41.2 Å². The Morgan fingerprint density at radius 3 is 2.62 bits per heavy atom. The summed E-state index contributed by atoms with van der Waals surface area (Å²) in [5, 5.41) is 14.6. The SMILES string of the molecule is [C-]#[N+]/C(=C\C1(N(C)C)CC1)C(=O)Cc1cc2c(Nc3cc(C)c(Cl)cc3Cl)c(C#N)cnc2cc1OC. The van der Waals surface area contributed by atoms with Gasteiger partial charge in [-0.05, 0) is 57.6 Å². The van der Waals surface area contributed by atoms with Crippen LogP contribution in [0.4, 0.5) is 11.4 Å². The van der Waals surface area contributed by atoms with Gasteiger partial charge in [-0.3, -0.25) is 4.98 Å². The minimum atomic E-state index is -0.295. The molecular formula is C28H25Cl2N5O2. The number of benzene rings is 2. The lowest BCUT2D eigenvalue weighted by atomic mass is 10.00. The first-order valence-electron chi connectivity index (χ1n) is 11.6. The number of fused-ring (bicyclic) bond motifs is 1. The molecule has 0 spiro atoms. The fraction of sp³-hybridized carbons (Fsp3) is 0.286. The second kappa shape index (κ2) is 10.4. The first kappa shape index (κ1) is 26.4. The summed E-state index contributed by atoms with van der Waals surface area (Å²) in [4.78, 5) is 23.2. The molecular weight excluding hydrogens is 509 g/mol. The molecule has 1 N–H and O–H groups in total. The van der Waals surface area contributed by atoms with E-state index < -0.39 is 0 Å². The Bertz CT molecular complexity index is 1530. The highest BCUT2D eigenvalue weighted by atomic mass is 35.5. The van der Waals surface area contributed by atoms with E-state index in [2.05, 4.69) is 21.2 Å². The molecule has 0 amide bonds. The highest BCUT2D eigenvalue weighted by Gasteiger charge is 2.43.